The molecule has 6 nitrogen and oxygen atoms in total. The molecule has 13 heteroatoms. The minimum atomic E-state index is -5.73. The Hall–Kier alpha value is -1.98. The highest BCUT2D eigenvalue weighted by molar-refractivity contribution is 6.28. The molecule has 1 heterocycles. The van der Waals surface area contributed by atoms with E-state index < -0.39 is 35.8 Å². The van der Waals surface area contributed by atoms with Crippen LogP contribution in [0.25, 0.3) is 0 Å². The maximum atomic E-state index is 12.7. The van der Waals surface area contributed by atoms with E-state index in [4.69, 9.17) is 16.4 Å². The summed E-state index contributed by atoms with van der Waals surface area (Å²) >= 11 is 5.58. The highest BCUT2D eigenvalue weighted by Crippen LogP contribution is 2.36. The first-order valence-electron chi connectivity index (χ1n) is 9.89. The molecular formula is C18H23ClF6N4O2. The minimum Gasteiger partial charge on any atom is -0.440 e. The molecule has 31 heavy (non-hydrogen) atoms. The highest BCUT2D eigenvalue weighted by Gasteiger charge is 2.59. The molecule has 0 bridgehead atoms. The van der Waals surface area contributed by atoms with Gasteiger partial charge in [-0.3, -0.25) is 0 Å². The molecule has 0 atom stereocenters. The quantitative estimate of drug-likeness (QED) is 0.410. The van der Waals surface area contributed by atoms with Crippen LogP contribution in [0.3, 0.4) is 0 Å². The van der Waals surface area contributed by atoms with Crippen molar-refractivity contribution in [1.82, 2.24) is 20.4 Å². The lowest BCUT2D eigenvalue weighted by Gasteiger charge is -2.22. The number of aromatic nitrogens is 3. The summed E-state index contributed by atoms with van der Waals surface area (Å²) in [4.78, 5) is 15.2. The van der Waals surface area contributed by atoms with Crippen molar-refractivity contribution in [3.63, 3.8) is 0 Å². The van der Waals surface area contributed by atoms with Gasteiger partial charge in [-0.1, -0.05) is 44.6 Å². The molecule has 1 aliphatic rings. The van der Waals surface area contributed by atoms with E-state index >= 15 is 0 Å². The van der Waals surface area contributed by atoms with Gasteiger partial charge in [-0.15, -0.1) is 4.98 Å². The molecule has 2 rings (SSSR count). The third-order valence-electron chi connectivity index (χ3n) is 4.45. The molecule has 0 saturated carbocycles. The Morgan fingerprint density at radius 3 is 1.97 bits per heavy atom. The van der Waals surface area contributed by atoms with E-state index in [1.165, 1.54) is 19.3 Å². The molecular weight excluding hydrogens is 454 g/mol. The molecule has 0 amide bonds. The van der Waals surface area contributed by atoms with E-state index in [9.17, 15) is 26.3 Å². The smallest absolute Gasteiger partial charge is 0.434 e. The monoisotopic (exact) mass is 476 g/mol. The van der Waals surface area contributed by atoms with Gasteiger partial charge in [0.1, 0.15) is 0 Å². The minimum absolute atomic E-state index is 0.620. The number of halogens is 7. The first-order valence-corrected chi connectivity index (χ1v) is 10.3. The summed E-state index contributed by atoms with van der Waals surface area (Å²) in [5, 5.41) is -0.683. The highest BCUT2D eigenvalue weighted by atomic mass is 35.5. The van der Waals surface area contributed by atoms with Crippen molar-refractivity contribution in [3.05, 3.63) is 17.1 Å². The van der Waals surface area contributed by atoms with Gasteiger partial charge in [0.05, 0.1) is 0 Å². The first-order chi connectivity index (χ1) is 14.6. The summed E-state index contributed by atoms with van der Waals surface area (Å²) < 4.78 is 80.0. The molecule has 0 aromatic carbocycles. The van der Waals surface area contributed by atoms with E-state index in [1.807, 2.05) is 6.08 Å². The zero-order valence-electron chi connectivity index (χ0n) is 16.5. The summed E-state index contributed by atoms with van der Waals surface area (Å²) in [5.74, 6) is 0. The molecule has 0 saturated heterocycles. The van der Waals surface area contributed by atoms with Crippen molar-refractivity contribution in [1.29, 1.82) is 0 Å². The SMILES string of the molecule is FC(F)(F)C(Oc1nc(Cl)nc(ONC2=CCCCCCCCCCC2)n1)C(F)(F)F. The van der Waals surface area contributed by atoms with Crippen LogP contribution in [0.2, 0.25) is 5.28 Å². The standard InChI is InChI=1S/C18H23ClF6N4O2/c19-14-26-15(30-13(17(20,21)22)18(23,24)25)28-16(27-14)31-29-12-10-8-6-4-2-1-3-5-7-9-11-12/h10,13,29H,1-9,11H2. The summed E-state index contributed by atoms with van der Waals surface area (Å²) in [7, 11) is 0. The van der Waals surface area contributed by atoms with Crippen LogP contribution in [-0.2, 0) is 0 Å². The Bertz CT molecular complexity index is 716. The molecule has 0 aliphatic heterocycles. The van der Waals surface area contributed by atoms with Gasteiger partial charge < -0.3 is 9.57 Å². The first kappa shape index (κ1) is 25.3. The topological polar surface area (TPSA) is 69.2 Å². The Morgan fingerprint density at radius 2 is 1.35 bits per heavy atom. The van der Waals surface area contributed by atoms with Crippen molar-refractivity contribution >= 4 is 11.6 Å². The number of hydrogen-bond donors (Lipinski definition) is 1. The number of alkyl halides is 6. The van der Waals surface area contributed by atoms with Crippen molar-refractivity contribution in [2.75, 3.05) is 0 Å². The average Bonchev–Trinajstić information content (AvgIpc) is 2.63. The fraction of sp³-hybridized carbons (Fsp3) is 0.722. The molecule has 1 aliphatic carbocycles. The third-order valence-corrected chi connectivity index (χ3v) is 4.62. The van der Waals surface area contributed by atoms with Crippen LogP contribution >= 0.6 is 11.6 Å². The molecule has 1 N–H and O–H groups in total. The number of hydroxylamine groups is 1. The van der Waals surface area contributed by atoms with E-state index in [0.717, 1.165) is 38.5 Å². The molecule has 0 fully saturated rings. The summed E-state index contributed by atoms with van der Waals surface area (Å²) in [5.41, 5.74) is 3.32. The Morgan fingerprint density at radius 1 is 0.806 bits per heavy atom. The maximum Gasteiger partial charge on any atom is 0.434 e. The second-order valence-corrected chi connectivity index (χ2v) is 7.39. The van der Waals surface area contributed by atoms with Crippen LogP contribution < -0.4 is 15.1 Å². The number of rotatable bonds is 5. The zero-order valence-corrected chi connectivity index (χ0v) is 17.3. The molecule has 1 aromatic heterocycles. The van der Waals surface area contributed by atoms with Gasteiger partial charge >= 0.3 is 24.4 Å². The molecule has 0 radical (unpaired) electrons. The predicted octanol–water partition coefficient (Wildman–Crippen LogP) is 6.08. The number of nitrogens with zero attached hydrogens (tertiary/aromatic N) is 3. The van der Waals surface area contributed by atoms with Crippen LogP contribution in [0.5, 0.6) is 12.0 Å². The Kier molecular flexibility index (Phi) is 9.45. The van der Waals surface area contributed by atoms with Gasteiger partial charge in [-0.25, -0.2) is 5.48 Å². The van der Waals surface area contributed by atoms with Gasteiger partial charge in [-0.05, 0) is 37.3 Å². The van der Waals surface area contributed by atoms with Crippen molar-refractivity contribution in [3.8, 4) is 12.0 Å². The van der Waals surface area contributed by atoms with E-state index in [1.54, 1.807) is 0 Å². The lowest BCUT2D eigenvalue weighted by Crippen LogP contribution is -2.46. The second kappa shape index (κ2) is 11.6. The molecule has 1 aromatic rings. The molecule has 0 unspecified atom stereocenters. The zero-order chi connectivity index (χ0) is 22.9. The average molecular weight is 477 g/mol. The van der Waals surface area contributed by atoms with Gasteiger partial charge in [-0.2, -0.15) is 36.3 Å². The largest absolute Gasteiger partial charge is 0.440 e. The third kappa shape index (κ3) is 9.36. The van der Waals surface area contributed by atoms with Crippen molar-refractivity contribution in [2.45, 2.75) is 82.7 Å². The Balaban J connectivity index is 2.06. The van der Waals surface area contributed by atoms with Gasteiger partial charge in [0.2, 0.25) is 5.28 Å². The fourth-order valence-electron chi connectivity index (χ4n) is 2.94. The van der Waals surface area contributed by atoms with Crippen LogP contribution in [-0.4, -0.2) is 33.4 Å². The van der Waals surface area contributed by atoms with E-state index in [-0.39, 0.29) is 0 Å². The van der Waals surface area contributed by atoms with E-state index in [2.05, 4.69) is 25.2 Å². The normalized spacial score (nSPS) is 17.4. The number of hydrogen-bond acceptors (Lipinski definition) is 6. The van der Waals surface area contributed by atoms with Gasteiger partial charge in [0, 0.05) is 5.70 Å². The lowest BCUT2D eigenvalue weighted by molar-refractivity contribution is -0.301. The summed E-state index contributed by atoms with van der Waals surface area (Å²) in [6, 6.07) is -1.88. The fourth-order valence-corrected chi connectivity index (χ4v) is 3.08. The summed E-state index contributed by atoms with van der Waals surface area (Å²) in [6.45, 7) is 0. The van der Waals surface area contributed by atoms with Gasteiger partial charge in [0.25, 0.3) is 6.10 Å². The lowest BCUT2D eigenvalue weighted by atomic mass is 10.0. The summed E-state index contributed by atoms with van der Waals surface area (Å²) in [6.07, 6.45) is -3.43. The van der Waals surface area contributed by atoms with Crippen molar-refractivity contribution < 1.29 is 35.9 Å². The van der Waals surface area contributed by atoms with Crippen LogP contribution in [0.4, 0.5) is 26.3 Å². The maximum absolute atomic E-state index is 12.7. The van der Waals surface area contributed by atoms with Crippen molar-refractivity contribution in [2.24, 2.45) is 0 Å². The van der Waals surface area contributed by atoms with Crippen LogP contribution in [0.1, 0.15) is 64.2 Å². The molecule has 0 spiro atoms. The predicted molar refractivity (Wildman–Crippen MR) is 99.4 cm³/mol. The second-order valence-electron chi connectivity index (χ2n) is 7.05. The van der Waals surface area contributed by atoms with Crippen LogP contribution in [0, 0.1) is 0 Å². The van der Waals surface area contributed by atoms with Gasteiger partial charge in [0.15, 0.2) is 0 Å². The number of nitrogens with one attached hydrogen (secondary N) is 1. The molecule has 176 valence electrons. The van der Waals surface area contributed by atoms with E-state index in [0.29, 0.717) is 12.1 Å². The van der Waals surface area contributed by atoms with Crippen LogP contribution in [0.15, 0.2) is 11.8 Å². The number of allylic oxidation sites excluding steroid dienone is 2. The number of ether oxygens (including phenoxy) is 1. The Labute approximate surface area is 180 Å².